The first-order chi connectivity index (χ1) is 9.43. The highest BCUT2D eigenvalue weighted by atomic mass is 32.2. The molecule has 2 aliphatic rings. The van der Waals surface area contributed by atoms with Crippen LogP contribution in [-0.2, 0) is 28.3 Å². The fraction of sp³-hybridized carbons (Fsp3) is 0.786. The number of rotatable bonds is 5. The van der Waals surface area contributed by atoms with Gasteiger partial charge in [0.1, 0.15) is 0 Å². The van der Waals surface area contributed by atoms with Crippen molar-refractivity contribution in [2.45, 2.75) is 57.7 Å². The van der Waals surface area contributed by atoms with Crippen molar-refractivity contribution in [2.24, 2.45) is 0 Å². The highest BCUT2D eigenvalue weighted by molar-refractivity contribution is 7.91. The maximum Gasteiger partial charge on any atom is 0.152 e. The Morgan fingerprint density at radius 2 is 2.25 bits per heavy atom. The summed E-state index contributed by atoms with van der Waals surface area (Å²) in [5, 5.41) is 8.03. The largest absolute Gasteiger partial charge is 0.310 e. The highest BCUT2D eigenvalue weighted by Gasteiger charge is 2.41. The molecule has 0 bridgehead atoms. The molecule has 5 nitrogen and oxygen atoms in total. The van der Waals surface area contributed by atoms with Gasteiger partial charge in [0, 0.05) is 23.8 Å². The van der Waals surface area contributed by atoms with Gasteiger partial charge in [0.05, 0.1) is 23.2 Å². The Balaban J connectivity index is 1.85. The first kappa shape index (κ1) is 14.1. The van der Waals surface area contributed by atoms with Crippen molar-refractivity contribution in [1.29, 1.82) is 0 Å². The first-order valence-electron chi connectivity index (χ1n) is 7.43. The molecule has 1 unspecified atom stereocenters. The zero-order valence-corrected chi connectivity index (χ0v) is 13.0. The number of nitrogens with zero attached hydrogens (tertiary/aromatic N) is 2. The minimum atomic E-state index is -2.91. The quantitative estimate of drug-likeness (QED) is 0.888. The van der Waals surface area contributed by atoms with Crippen LogP contribution in [0.2, 0.25) is 0 Å². The zero-order valence-electron chi connectivity index (χ0n) is 12.2. The fourth-order valence-corrected chi connectivity index (χ4v) is 5.21. The molecule has 1 aliphatic heterocycles. The third-order valence-electron chi connectivity index (χ3n) is 4.44. The predicted molar refractivity (Wildman–Crippen MR) is 78.4 cm³/mol. The Labute approximate surface area is 120 Å². The molecule has 2 fully saturated rings. The van der Waals surface area contributed by atoms with Crippen LogP contribution in [-0.4, -0.2) is 35.7 Å². The molecule has 0 amide bonds. The van der Waals surface area contributed by atoms with Gasteiger partial charge in [-0.3, -0.25) is 4.68 Å². The van der Waals surface area contributed by atoms with Crippen LogP contribution >= 0.6 is 0 Å². The van der Waals surface area contributed by atoms with Gasteiger partial charge in [-0.05, 0) is 32.6 Å². The number of aromatic nitrogens is 2. The van der Waals surface area contributed by atoms with Crippen molar-refractivity contribution >= 4 is 9.84 Å². The molecule has 1 N–H and O–H groups in total. The first-order valence-corrected chi connectivity index (χ1v) is 9.26. The maximum atomic E-state index is 11.8. The lowest BCUT2D eigenvalue weighted by Gasteiger charge is -2.25. The molecular weight excluding hydrogens is 274 g/mol. The van der Waals surface area contributed by atoms with Gasteiger partial charge in [-0.2, -0.15) is 5.10 Å². The molecule has 1 aliphatic carbocycles. The lowest BCUT2D eigenvalue weighted by Crippen LogP contribution is -2.34. The summed E-state index contributed by atoms with van der Waals surface area (Å²) in [5.41, 5.74) is 2.02. The Morgan fingerprint density at radius 1 is 1.50 bits per heavy atom. The van der Waals surface area contributed by atoms with E-state index < -0.39 is 9.84 Å². The van der Waals surface area contributed by atoms with Crippen molar-refractivity contribution < 1.29 is 8.42 Å². The second-order valence-electron chi connectivity index (χ2n) is 6.38. The third kappa shape index (κ3) is 2.63. The second kappa shape index (κ2) is 4.84. The van der Waals surface area contributed by atoms with Crippen molar-refractivity contribution in [3.8, 4) is 0 Å². The van der Waals surface area contributed by atoms with Crippen LogP contribution in [0.3, 0.4) is 0 Å². The summed E-state index contributed by atoms with van der Waals surface area (Å²) in [4.78, 5) is 0. The fourth-order valence-electron chi connectivity index (χ4n) is 3.10. The van der Waals surface area contributed by atoms with Crippen molar-refractivity contribution in [3.63, 3.8) is 0 Å². The van der Waals surface area contributed by atoms with E-state index in [0.717, 1.165) is 13.0 Å². The molecule has 2 heterocycles. The summed E-state index contributed by atoms with van der Waals surface area (Å²) in [6.07, 6.45) is 6.00. The molecule has 112 valence electrons. The van der Waals surface area contributed by atoms with Gasteiger partial charge in [-0.25, -0.2) is 8.42 Å². The van der Waals surface area contributed by atoms with E-state index in [-0.39, 0.29) is 17.0 Å². The summed E-state index contributed by atoms with van der Waals surface area (Å²) in [6, 6.07) is 0.672. The van der Waals surface area contributed by atoms with Crippen LogP contribution in [0.1, 0.15) is 44.4 Å². The van der Waals surface area contributed by atoms with E-state index in [9.17, 15) is 8.42 Å². The molecule has 1 aromatic rings. The van der Waals surface area contributed by atoms with E-state index in [0.29, 0.717) is 12.5 Å². The number of hydrogen-bond donors (Lipinski definition) is 1. The Bertz CT molecular complexity index is 604. The molecule has 1 aromatic heterocycles. The van der Waals surface area contributed by atoms with E-state index in [1.807, 2.05) is 17.8 Å². The molecule has 6 heteroatoms. The number of hydrogen-bond acceptors (Lipinski definition) is 4. The van der Waals surface area contributed by atoms with Crippen molar-refractivity contribution in [1.82, 2.24) is 15.1 Å². The van der Waals surface area contributed by atoms with Gasteiger partial charge in [-0.1, -0.05) is 6.92 Å². The molecule has 0 spiro atoms. The van der Waals surface area contributed by atoms with Gasteiger partial charge >= 0.3 is 0 Å². The van der Waals surface area contributed by atoms with Crippen molar-refractivity contribution in [2.75, 3.05) is 11.5 Å². The molecule has 0 aromatic carbocycles. The van der Waals surface area contributed by atoms with E-state index in [1.54, 1.807) is 0 Å². The Hall–Kier alpha value is -0.880. The average molecular weight is 297 g/mol. The third-order valence-corrected chi connectivity index (χ3v) is 6.33. The smallest absolute Gasteiger partial charge is 0.152 e. The van der Waals surface area contributed by atoms with Gasteiger partial charge in [0.25, 0.3) is 0 Å². The van der Waals surface area contributed by atoms with E-state index in [2.05, 4.69) is 17.3 Å². The molecule has 1 saturated heterocycles. The standard InChI is InChI=1S/C14H23N3O2S/c1-3-13-11(8-15-12-4-5-12)9-16-17(13)14(2)6-7-20(18,19)10-14/h9,12,15H,3-8,10H2,1-2H3. The SMILES string of the molecule is CCc1c(CNC2CC2)cnn1C1(C)CCS(=O)(=O)C1. The van der Waals surface area contributed by atoms with Crippen LogP contribution in [0.4, 0.5) is 0 Å². The molecule has 0 radical (unpaired) electrons. The Morgan fingerprint density at radius 3 is 2.80 bits per heavy atom. The molecule has 1 saturated carbocycles. The van der Waals surface area contributed by atoms with Gasteiger partial charge < -0.3 is 5.32 Å². The number of sulfone groups is 1. The number of nitrogens with one attached hydrogen (secondary N) is 1. The molecule has 20 heavy (non-hydrogen) atoms. The van der Waals surface area contributed by atoms with Gasteiger partial charge in [0.2, 0.25) is 0 Å². The van der Waals surface area contributed by atoms with Gasteiger partial charge in [0.15, 0.2) is 9.84 Å². The van der Waals surface area contributed by atoms with Crippen LogP contribution in [0, 0.1) is 0 Å². The average Bonchev–Trinajstić information content (AvgIpc) is 3.04. The van der Waals surface area contributed by atoms with Crippen LogP contribution in [0.5, 0.6) is 0 Å². The van der Waals surface area contributed by atoms with Crippen LogP contribution < -0.4 is 5.32 Å². The topological polar surface area (TPSA) is 64.0 Å². The second-order valence-corrected chi connectivity index (χ2v) is 8.56. The summed E-state index contributed by atoms with van der Waals surface area (Å²) in [6.45, 7) is 4.97. The monoisotopic (exact) mass is 297 g/mol. The van der Waals surface area contributed by atoms with E-state index in [4.69, 9.17) is 0 Å². The molecule has 1 atom stereocenters. The lowest BCUT2D eigenvalue weighted by molar-refractivity contribution is 0.318. The Kier molecular flexibility index (Phi) is 3.41. The van der Waals surface area contributed by atoms with Crippen LogP contribution in [0.25, 0.3) is 0 Å². The summed E-state index contributed by atoms with van der Waals surface area (Å²) in [7, 11) is -2.91. The van der Waals surface area contributed by atoms with Crippen molar-refractivity contribution in [3.05, 3.63) is 17.5 Å². The lowest BCUT2D eigenvalue weighted by atomic mass is 10.0. The summed E-state index contributed by atoms with van der Waals surface area (Å²) in [5.74, 6) is 0.492. The van der Waals surface area contributed by atoms with E-state index >= 15 is 0 Å². The maximum absolute atomic E-state index is 11.8. The summed E-state index contributed by atoms with van der Waals surface area (Å²) >= 11 is 0. The van der Waals surface area contributed by atoms with Crippen LogP contribution in [0.15, 0.2) is 6.20 Å². The minimum Gasteiger partial charge on any atom is -0.310 e. The van der Waals surface area contributed by atoms with Gasteiger partial charge in [-0.15, -0.1) is 0 Å². The molecule has 3 rings (SSSR count). The summed E-state index contributed by atoms with van der Waals surface area (Å²) < 4.78 is 25.6. The normalized spacial score (nSPS) is 28.9. The predicted octanol–water partition coefficient (Wildman–Crippen LogP) is 1.23. The minimum absolute atomic E-state index is 0.212. The van der Waals surface area contributed by atoms with E-state index in [1.165, 1.54) is 24.1 Å². The zero-order chi connectivity index (χ0) is 14.4. The highest BCUT2D eigenvalue weighted by Crippen LogP contribution is 2.32. The molecular formula is C14H23N3O2S.